The SMILES string of the molecule is CCOc1cccc(N(CCCl)C(CC)CC)n1. The molecular formula is C14H23ClN2O. The van der Waals surface area contributed by atoms with Crippen molar-refractivity contribution in [3.8, 4) is 5.88 Å². The molecule has 18 heavy (non-hydrogen) atoms. The average molecular weight is 271 g/mol. The van der Waals surface area contributed by atoms with Crippen LogP contribution in [0.4, 0.5) is 5.82 Å². The molecule has 0 aliphatic carbocycles. The molecule has 1 rings (SSSR count). The van der Waals surface area contributed by atoms with Crippen LogP contribution in [-0.4, -0.2) is 30.1 Å². The average Bonchev–Trinajstić information content (AvgIpc) is 2.40. The van der Waals surface area contributed by atoms with E-state index in [0.29, 0.717) is 24.4 Å². The van der Waals surface area contributed by atoms with Crippen molar-refractivity contribution < 1.29 is 4.74 Å². The Morgan fingerprint density at radius 2 is 2.00 bits per heavy atom. The minimum Gasteiger partial charge on any atom is -0.478 e. The number of rotatable bonds is 8. The molecule has 0 fully saturated rings. The number of pyridine rings is 1. The third kappa shape index (κ3) is 4.05. The fourth-order valence-corrected chi connectivity index (χ4v) is 2.28. The highest BCUT2D eigenvalue weighted by atomic mass is 35.5. The molecule has 0 saturated heterocycles. The molecule has 4 heteroatoms. The summed E-state index contributed by atoms with van der Waals surface area (Å²) in [6.45, 7) is 7.81. The Labute approximate surface area is 115 Å². The summed E-state index contributed by atoms with van der Waals surface area (Å²) in [5.74, 6) is 2.24. The van der Waals surface area contributed by atoms with Gasteiger partial charge in [0, 0.05) is 24.5 Å². The van der Waals surface area contributed by atoms with Crippen LogP contribution in [0.1, 0.15) is 33.6 Å². The van der Waals surface area contributed by atoms with Crippen molar-refractivity contribution in [3.63, 3.8) is 0 Å². The first-order valence-corrected chi connectivity index (χ1v) is 7.22. The van der Waals surface area contributed by atoms with Crippen molar-refractivity contribution in [2.75, 3.05) is 23.9 Å². The molecule has 0 aromatic carbocycles. The maximum Gasteiger partial charge on any atom is 0.215 e. The van der Waals surface area contributed by atoms with Gasteiger partial charge in [0.1, 0.15) is 5.82 Å². The molecule has 0 N–H and O–H groups in total. The number of hydrogen-bond donors (Lipinski definition) is 0. The van der Waals surface area contributed by atoms with Gasteiger partial charge in [-0.2, -0.15) is 4.98 Å². The summed E-state index contributed by atoms with van der Waals surface area (Å²) < 4.78 is 5.45. The predicted molar refractivity (Wildman–Crippen MR) is 77.8 cm³/mol. The maximum absolute atomic E-state index is 5.90. The van der Waals surface area contributed by atoms with E-state index in [1.54, 1.807) is 0 Å². The first kappa shape index (κ1) is 15.1. The minimum absolute atomic E-state index is 0.480. The zero-order chi connectivity index (χ0) is 13.4. The number of anilines is 1. The topological polar surface area (TPSA) is 25.4 Å². The fourth-order valence-electron chi connectivity index (χ4n) is 2.10. The van der Waals surface area contributed by atoms with Gasteiger partial charge in [0.25, 0.3) is 0 Å². The third-order valence-electron chi connectivity index (χ3n) is 3.00. The second-order valence-corrected chi connectivity index (χ2v) is 4.50. The summed E-state index contributed by atoms with van der Waals surface area (Å²) in [5.41, 5.74) is 0. The smallest absolute Gasteiger partial charge is 0.215 e. The van der Waals surface area contributed by atoms with E-state index in [1.165, 1.54) is 0 Å². The molecule has 0 aliphatic heterocycles. The molecule has 0 radical (unpaired) electrons. The van der Waals surface area contributed by atoms with Gasteiger partial charge in [-0.05, 0) is 25.8 Å². The lowest BCUT2D eigenvalue weighted by atomic mass is 10.1. The Balaban J connectivity index is 2.93. The van der Waals surface area contributed by atoms with E-state index < -0.39 is 0 Å². The van der Waals surface area contributed by atoms with Crippen LogP contribution in [0, 0.1) is 0 Å². The van der Waals surface area contributed by atoms with Crippen molar-refractivity contribution in [3.05, 3.63) is 18.2 Å². The molecule has 0 amide bonds. The van der Waals surface area contributed by atoms with Crippen LogP contribution in [0.15, 0.2) is 18.2 Å². The summed E-state index contributed by atoms with van der Waals surface area (Å²) in [6, 6.07) is 6.37. The van der Waals surface area contributed by atoms with Crippen LogP contribution in [0.25, 0.3) is 0 Å². The largest absolute Gasteiger partial charge is 0.478 e. The van der Waals surface area contributed by atoms with Crippen molar-refractivity contribution in [2.45, 2.75) is 39.7 Å². The van der Waals surface area contributed by atoms with Crippen LogP contribution < -0.4 is 9.64 Å². The zero-order valence-electron chi connectivity index (χ0n) is 11.5. The molecule has 1 aromatic heterocycles. The van der Waals surface area contributed by atoms with E-state index in [2.05, 4.69) is 23.7 Å². The minimum atomic E-state index is 0.480. The molecule has 1 aromatic rings. The number of aromatic nitrogens is 1. The molecule has 0 aliphatic rings. The molecule has 1 heterocycles. The van der Waals surface area contributed by atoms with Crippen LogP contribution in [-0.2, 0) is 0 Å². The van der Waals surface area contributed by atoms with Crippen LogP contribution in [0.3, 0.4) is 0 Å². The summed E-state index contributed by atoms with van der Waals surface area (Å²) >= 11 is 5.90. The van der Waals surface area contributed by atoms with Crippen LogP contribution in [0.2, 0.25) is 0 Å². The molecule has 0 unspecified atom stereocenters. The van der Waals surface area contributed by atoms with E-state index in [4.69, 9.17) is 16.3 Å². The number of nitrogens with zero attached hydrogens (tertiary/aromatic N) is 2. The second kappa shape index (κ2) is 8.20. The standard InChI is InChI=1S/C14H23ClN2O/c1-4-12(5-2)17(11-10-15)13-8-7-9-14(16-13)18-6-3/h7-9,12H,4-6,10-11H2,1-3H3. The number of ether oxygens (including phenoxy) is 1. The van der Waals surface area contributed by atoms with Gasteiger partial charge in [0.2, 0.25) is 5.88 Å². The van der Waals surface area contributed by atoms with E-state index >= 15 is 0 Å². The van der Waals surface area contributed by atoms with Gasteiger partial charge in [0.05, 0.1) is 6.61 Å². The van der Waals surface area contributed by atoms with Crippen molar-refractivity contribution in [1.29, 1.82) is 0 Å². The number of hydrogen-bond acceptors (Lipinski definition) is 3. The number of halogens is 1. The Morgan fingerprint density at radius 1 is 1.28 bits per heavy atom. The first-order valence-electron chi connectivity index (χ1n) is 6.69. The third-order valence-corrected chi connectivity index (χ3v) is 3.17. The van der Waals surface area contributed by atoms with Gasteiger partial charge < -0.3 is 9.64 Å². The highest BCUT2D eigenvalue weighted by Crippen LogP contribution is 2.21. The fraction of sp³-hybridized carbons (Fsp3) is 0.643. The summed E-state index contributed by atoms with van der Waals surface area (Å²) in [4.78, 5) is 6.82. The molecule has 0 saturated carbocycles. The second-order valence-electron chi connectivity index (χ2n) is 4.12. The van der Waals surface area contributed by atoms with Gasteiger partial charge in [-0.15, -0.1) is 11.6 Å². The maximum atomic E-state index is 5.90. The van der Waals surface area contributed by atoms with Crippen LogP contribution >= 0.6 is 11.6 Å². The Morgan fingerprint density at radius 3 is 2.56 bits per heavy atom. The normalized spacial score (nSPS) is 10.7. The molecular weight excluding hydrogens is 248 g/mol. The summed E-state index contributed by atoms with van der Waals surface area (Å²) in [7, 11) is 0. The highest BCUT2D eigenvalue weighted by molar-refractivity contribution is 6.18. The predicted octanol–water partition coefficient (Wildman–Crippen LogP) is 3.71. The molecule has 0 spiro atoms. The molecule has 3 nitrogen and oxygen atoms in total. The van der Waals surface area contributed by atoms with Gasteiger partial charge >= 0.3 is 0 Å². The molecule has 0 bridgehead atoms. The van der Waals surface area contributed by atoms with Gasteiger partial charge in [0.15, 0.2) is 0 Å². The van der Waals surface area contributed by atoms with E-state index in [9.17, 15) is 0 Å². The summed E-state index contributed by atoms with van der Waals surface area (Å²) in [5, 5.41) is 0. The van der Waals surface area contributed by atoms with Gasteiger partial charge in [-0.3, -0.25) is 0 Å². The highest BCUT2D eigenvalue weighted by Gasteiger charge is 2.16. The lowest BCUT2D eigenvalue weighted by Crippen LogP contribution is -2.36. The van der Waals surface area contributed by atoms with E-state index in [-0.39, 0.29) is 0 Å². The van der Waals surface area contributed by atoms with Crippen molar-refractivity contribution in [2.24, 2.45) is 0 Å². The Bertz CT molecular complexity index is 342. The van der Waals surface area contributed by atoms with E-state index in [0.717, 1.165) is 25.2 Å². The number of alkyl halides is 1. The Hall–Kier alpha value is -0.960. The van der Waals surface area contributed by atoms with Crippen LogP contribution in [0.5, 0.6) is 5.88 Å². The van der Waals surface area contributed by atoms with Gasteiger partial charge in [-0.1, -0.05) is 19.9 Å². The lowest BCUT2D eigenvalue weighted by Gasteiger charge is -2.31. The van der Waals surface area contributed by atoms with Crippen molar-refractivity contribution in [1.82, 2.24) is 4.98 Å². The monoisotopic (exact) mass is 270 g/mol. The van der Waals surface area contributed by atoms with Gasteiger partial charge in [-0.25, -0.2) is 0 Å². The zero-order valence-corrected chi connectivity index (χ0v) is 12.3. The van der Waals surface area contributed by atoms with E-state index in [1.807, 2.05) is 25.1 Å². The first-order chi connectivity index (χ1) is 8.76. The quantitative estimate of drug-likeness (QED) is 0.674. The Kier molecular flexibility index (Phi) is 6.88. The molecule has 0 atom stereocenters. The summed E-state index contributed by atoms with van der Waals surface area (Å²) in [6.07, 6.45) is 2.18. The van der Waals surface area contributed by atoms with Crippen molar-refractivity contribution >= 4 is 17.4 Å². The molecule has 102 valence electrons. The lowest BCUT2D eigenvalue weighted by molar-refractivity contribution is 0.326.